The Balaban J connectivity index is 2.85. The fourth-order valence-corrected chi connectivity index (χ4v) is 1.61. The van der Waals surface area contributed by atoms with Crippen molar-refractivity contribution >= 4 is 5.97 Å². The quantitative estimate of drug-likeness (QED) is 0.800. The van der Waals surface area contributed by atoms with E-state index in [2.05, 4.69) is 4.98 Å². The highest BCUT2D eigenvalue weighted by atomic mass is 16.4. The Morgan fingerprint density at radius 1 is 1.50 bits per heavy atom. The zero-order chi connectivity index (χ0) is 12.1. The molecule has 4 nitrogen and oxygen atoms in total. The first-order chi connectivity index (χ1) is 7.56. The molecule has 0 radical (unpaired) electrons. The van der Waals surface area contributed by atoms with Gasteiger partial charge in [-0.05, 0) is 25.0 Å². The van der Waals surface area contributed by atoms with Crippen molar-refractivity contribution in [1.82, 2.24) is 4.98 Å². The first-order valence-electron chi connectivity index (χ1n) is 5.39. The molecule has 2 N–H and O–H groups in total. The molecular formula is C12H17NO3. The SMILES string of the molecule is CCCC(C(=O)O)C(O)c1ccc(C)nc1. The number of hydrogen-bond acceptors (Lipinski definition) is 3. The van der Waals surface area contributed by atoms with Crippen molar-refractivity contribution in [3.63, 3.8) is 0 Å². The predicted octanol–water partition coefficient (Wildman–Crippen LogP) is 1.92. The van der Waals surface area contributed by atoms with E-state index in [-0.39, 0.29) is 0 Å². The number of nitrogens with zero attached hydrogens (tertiary/aromatic N) is 1. The number of aliphatic carboxylic acids is 1. The molecule has 0 aliphatic carbocycles. The van der Waals surface area contributed by atoms with Crippen LogP contribution in [0.3, 0.4) is 0 Å². The maximum atomic E-state index is 11.0. The van der Waals surface area contributed by atoms with Gasteiger partial charge in [0.2, 0.25) is 0 Å². The van der Waals surface area contributed by atoms with Crippen LogP contribution in [0.15, 0.2) is 18.3 Å². The smallest absolute Gasteiger partial charge is 0.309 e. The number of carboxylic acids is 1. The summed E-state index contributed by atoms with van der Waals surface area (Å²) < 4.78 is 0. The molecule has 0 fully saturated rings. The molecule has 0 saturated heterocycles. The summed E-state index contributed by atoms with van der Waals surface area (Å²) >= 11 is 0. The molecular weight excluding hydrogens is 206 g/mol. The number of aliphatic hydroxyl groups excluding tert-OH is 1. The van der Waals surface area contributed by atoms with E-state index in [1.165, 1.54) is 6.20 Å². The minimum Gasteiger partial charge on any atom is -0.481 e. The van der Waals surface area contributed by atoms with Gasteiger partial charge < -0.3 is 10.2 Å². The third kappa shape index (κ3) is 3.03. The molecule has 2 atom stereocenters. The van der Waals surface area contributed by atoms with E-state index in [1.54, 1.807) is 12.1 Å². The molecule has 16 heavy (non-hydrogen) atoms. The molecule has 2 unspecified atom stereocenters. The van der Waals surface area contributed by atoms with E-state index in [0.717, 1.165) is 12.1 Å². The summed E-state index contributed by atoms with van der Waals surface area (Å²) in [5.74, 6) is -1.72. The van der Waals surface area contributed by atoms with Crippen LogP contribution in [0.1, 0.15) is 37.1 Å². The van der Waals surface area contributed by atoms with Crippen LogP contribution in [0.5, 0.6) is 0 Å². The van der Waals surface area contributed by atoms with Gasteiger partial charge in [-0.3, -0.25) is 9.78 Å². The van der Waals surface area contributed by atoms with E-state index in [1.807, 2.05) is 13.8 Å². The van der Waals surface area contributed by atoms with E-state index in [4.69, 9.17) is 5.11 Å². The molecule has 0 spiro atoms. The molecule has 0 aromatic carbocycles. The summed E-state index contributed by atoms with van der Waals surface area (Å²) in [5.41, 5.74) is 1.41. The number of aromatic nitrogens is 1. The lowest BCUT2D eigenvalue weighted by molar-refractivity contribution is -0.146. The van der Waals surface area contributed by atoms with Crippen LogP contribution in [-0.2, 0) is 4.79 Å². The van der Waals surface area contributed by atoms with Crippen LogP contribution in [-0.4, -0.2) is 21.2 Å². The van der Waals surface area contributed by atoms with Crippen molar-refractivity contribution in [1.29, 1.82) is 0 Å². The van der Waals surface area contributed by atoms with Gasteiger partial charge in [0.25, 0.3) is 0 Å². The maximum Gasteiger partial charge on any atom is 0.309 e. The molecule has 0 saturated carbocycles. The van der Waals surface area contributed by atoms with E-state index < -0.39 is 18.0 Å². The van der Waals surface area contributed by atoms with Crippen LogP contribution in [0.25, 0.3) is 0 Å². The van der Waals surface area contributed by atoms with Crippen molar-refractivity contribution in [3.05, 3.63) is 29.6 Å². The molecule has 1 aromatic heterocycles. The lowest BCUT2D eigenvalue weighted by Gasteiger charge is -2.18. The summed E-state index contributed by atoms with van der Waals surface area (Å²) in [6, 6.07) is 3.49. The zero-order valence-electron chi connectivity index (χ0n) is 9.55. The molecule has 0 aliphatic heterocycles. The summed E-state index contributed by atoms with van der Waals surface area (Å²) in [7, 11) is 0. The normalized spacial score (nSPS) is 14.4. The maximum absolute atomic E-state index is 11.0. The molecule has 4 heteroatoms. The molecule has 88 valence electrons. The average molecular weight is 223 g/mol. The first-order valence-corrected chi connectivity index (χ1v) is 5.39. The molecule has 1 aromatic rings. The largest absolute Gasteiger partial charge is 0.481 e. The van der Waals surface area contributed by atoms with Crippen molar-refractivity contribution in [2.24, 2.45) is 5.92 Å². The van der Waals surface area contributed by atoms with E-state index >= 15 is 0 Å². The minimum atomic E-state index is -0.981. The van der Waals surface area contributed by atoms with Gasteiger partial charge in [-0.2, -0.15) is 0 Å². The first kappa shape index (κ1) is 12.6. The lowest BCUT2D eigenvalue weighted by atomic mass is 9.93. The minimum absolute atomic E-state index is 0.463. The standard InChI is InChI=1S/C12H17NO3/c1-3-4-10(12(15)16)11(14)9-6-5-8(2)13-7-9/h5-7,10-11,14H,3-4H2,1-2H3,(H,15,16). The molecule has 0 bridgehead atoms. The van der Waals surface area contributed by atoms with Gasteiger partial charge >= 0.3 is 5.97 Å². The number of hydrogen-bond donors (Lipinski definition) is 2. The third-order valence-electron chi connectivity index (χ3n) is 2.57. The Morgan fingerprint density at radius 3 is 2.62 bits per heavy atom. The highest BCUT2D eigenvalue weighted by Crippen LogP contribution is 2.25. The summed E-state index contributed by atoms with van der Waals surface area (Å²) in [5, 5.41) is 19.0. The van der Waals surface area contributed by atoms with E-state index in [0.29, 0.717) is 12.0 Å². The van der Waals surface area contributed by atoms with Crippen molar-refractivity contribution in [3.8, 4) is 0 Å². The molecule has 0 aliphatic rings. The zero-order valence-corrected chi connectivity index (χ0v) is 9.55. The second-order valence-corrected chi connectivity index (χ2v) is 3.91. The Bertz CT molecular complexity index is 348. The summed E-state index contributed by atoms with van der Waals surface area (Å²) in [6.07, 6.45) is 1.74. The van der Waals surface area contributed by atoms with Gasteiger partial charge in [0.15, 0.2) is 0 Å². The number of aliphatic hydroxyl groups is 1. The number of rotatable bonds is 5. The van der Waals surface area contributed by atoms with Crippen LogP contribution in [0.4, 0.5) is 0 Å². The van der Waals surface area contributed by atoms with Crippen LogP contribution in [0.2, 0.25) is 0 Å². The van der Waals surface area contributed by atoms with Crippen LogP contribution in [0, 0.1) is 12.8 Å². The van der Waals surface area contributed by atoms with Crippen molar-refractivity contribution in [2.45, 2.75) is 32.8 Å². The predicted molar refractivity (Wildman–Crippen MR) is 60.0 cm³/mol. The van der Waals surface area contributed by atoms with Gasteiger partial charge in [0.05, 0.1) is 12.0 Å². The Morgan fingerprint density at radius 2 is 2.19 bits per heavy atom. The Hall–Kier alpha value is -1.42. The van der Waals surface area contributed by atoms with Gasteiger partial charge in [-0.15, -0.1) is 0 Å². The lowest BCUT2D eigenvalue weighted by Crippen LogP contribution is -2.22. The highest BCUT2D eigenvalue weighted by molar-refractivity contribution is 5.71. The number of carbonyl (C=O) groups is 1. The fourth-order valence-electron chi connectivity index (χ4n) is 1.61. The fraction of sp³-hybridized carbons (Fsp3) is 0.500. The third-order valence-corrected chi connectivity index (χ3v) is 2.57. The second kappa shape index (κ2) is 5.61. The summed E-state index contributed by atoms with van der Waals surface area (Å²) in [4.78, 5) is 15.0. The molecule has 0 amide bonds. The Kier molecular flexibility index (Phi) is 4.43. The topological polar surface area (TPSA) is 70.4 Å². The van der Waals surface area contributed by atoms with Crippen molar-refractivity contribution < 1.29 is 15.0 Å². The average Bonchev–Trinajstić information content (AvgIpc) is 2.25. The highest BCUT2D eigenvalue weighted by Gasteiger charge is 2.26. The number of carboxylic acid groups (broad SMARTS) is 1. The van der Waals surface area contributed by atoms with Crippen LogP contribution >= 0.6 is 0 Å². The second-order valence-electron chi connectivity index (χ2n) is 3.91. The van der Waals surface area contributed by atoms with Gasteiger partial charge in [-0.1, -0.05) is 19.4 Å². The monoisotopic (exact) mass is 223 g/mol. The van der Waals surface area contributed by atoms with Gasteiger partial charge in [0.1, 0.15) is 0 Å². The van der Waals surface area contributed by atoms with Crippen molar-refractivity contribution in [2.75, 3.05) is 0 Å². The summed E-state index contributed by atoms with van der Waals surface area (Å²) in [6.45, 7) is 3.74. The van der Waals surface area contributed by atoms with Gasteiger partial charge in [-0.25, -0.2) is 0 Å². The van der Waals surface area contributed by atoms with Gasteiger partial charge in [0, 0.05) is 11.9 Å². The number of pyridine rings is 1. The molecule has 1 rings (SSSR count). The number of aryl methyl sites for hydroxylation is 1. The van der Waals surface area contributed by atoms with Crippen LogP contribution < -0.4 is 0 Å². The van der Waals surface area contributed by atoms with E-state index in [9.17, 15) is 9.90 Å². The molecule has 1 heterocycles. The Labute approximate surface area is 95.0 Å².